The normalized spacial score (nSPS) is 12.6. The maximum absolute atomic E-state index is 11.9. The van der Waals surface area contributed by atoms with E-state index in [0.29, 0.717) is 0 Å². The van der Waals surface area contributed by atoms with Crippen LogP contribution in [-0.2, 0) is 4.79 Å². The van der Waals surface area contributed by atoms with Crippen molar-refractivity contribution in [3.05, 3.63) is 40.9 Å². The van der Waals surface area contributed by atoms with Crippen molar-refractivity contribution in [2.45, 2.75) is 6.18 Å². The summed E-state index contributed by atoms with van der Waals surface area (Å²) in [5, 5.41) is 9.35. The van der Waals surface area contributed by atoms with Crippen LogP contribution < -0.4 is 0 Å². The van der Waals surface area contributed by atoms with Gasteiger partial charge in [-0.2, -0.15) is 13.2 Å². The first-order valence-corrected chi connectivity index (χ1v) is 4.47. The van der Waals surface area contributed by atoms with Crippen LogP contribution in [0.25, 0.3) is 5.76 Å². The average Bonchev–Trinajstić information content (AvgIpc) is 2.16. The largest absolute Gasteiger partial charge is 0.507 e. The first-order valence-electron chi connectivity index (χ1n) is 4.09. The van der Waals surface area contributed by atoms with Crippen LogP contribution in [0.2, 0.25) is 5.02 Å². The van der Waals surface area contributed by atoms with Crippen molar-refractivity contribution in [2.24, 2.45) is 0 Å². The van der Waals surface area contributed by atoms with Gasteiger partial charge in [0, 0.05) is 11.6 Å². The summed E-state index contributed by atoms with van der Waals surface area (Å²) in [6.45, 7) is 0. The molecule has 1 aromatic rings. The molecule has 0 spiro atoms. The highest BCUT2D eigenvalue weighted by molar-refractivity contribution is 6.32. The number of benzene rings is 1. The molecule has 0 fully saturated rings. The fourth-order valence-electron chi connectivity index (χ4n) is 0.953. The Morgan fingerprint density at radius 1 is 1.31 bits per heavy atom. The van der Waals surface area contributed by atoms with E-state index < -0.39 is 17.7 Å². The van der Waals surface area contributed by atoms with Crippen LogP contribution >= 0.6 is 11.6 Å². The van der Waals surface area contributed by atoms with Crippen LogP contribution in [-0.4, -0.2) is 17.1 Å². The van der Waals surface area contributed by atoms with E-state index in [1.807, 2.05) is 0 Å². The van der Waals surface area contributed by atoms with Crippen molar-refractivity contribution >= 4 is 23.1 Å². The van der Waals surface area contributed by atoms with Gasteiger partial charge in [-0.05, 0) is 12.1 Å². The number of carbonyl (C=O) groups excluding carboxylic acids is 1. The van der Waals surface area contributed by atoms with Gasteiger partial charge >= 0.3 is 6.18 Å². The molecule has 2 nitrogen and oxygen atoms in total. The van der Waals surface area contributed by atoms with E-state index in [4.69, 9.17) is 11.6 Å². The van der Waals surface area contributed by atoms with E-state index in [0.717, 1.165) is 0 Å². The van der Waals surface area contributed by atoms with E-state index in [1.165, 1.54) is 18.2 Å². The minimum absolute atomic E-state index is 0.0261. The number of hydrogen-bond acceptors (Lipinski definition) is 2. The second-order valence-corrected chi connectivity index (χ2v) is 3.28. The Balaban J connectivity index is 3.04. The zero-order valence-electron chi connectivity index (χ0n) is 7.75. The molecular formula is C10H6ClF3O2. The molecule has 1 N–H and O–H groups in total. The van der Waals surface area contributed by atoms with Crippen molar-refractivity contribution in [2.75, 3.05) is 0 Å². The van der Waals surface area contributed by atoms with Gasteiger partial charge in [0.05, 0.1) is 5.02 Å². The zero-order chi connectivity index (χ0) is 12.3. The number of aliphatic hydroxyl groups excluding tert-OH is 1. The van der Waals surface area contributed by atoms with Gasteiger partial charge in [0.2, 0.25) is 0 Å². The van der Waals surface area contributed by atoms with Crippen molar-refractivity contribution in [1.29, 1.82) is 0 Å². The molecule has 0 bridgehead atoms. The first-order chi connectivity index (χ1) is 7.32. The Labute approximate surface area is 94.0 Å². The molecule has 0 aliphatic rings. The van der Waals surface area contributed by atoms with Crippen LogP contribution in [0.5, 0.6) is 0 Å². The van der Waals surface area contributed by atoms with Gasteiger partial charge in [-0.25, -0.2) is 0 Å². The summed E-state index contributed by atoms with van der Waals surface area (Å²) < 4.78 is 35.7. The van der Waals surface area contributed by atoms with Gasteiger partial charge in [0.25, 0.3) is 5.78 Å². The van der Waals surface area contributed by atoms with Crippen molar-refractivity contribution in [3.63, 3.8) is 0 Å². The van der Waals surface area contributed by atoms with Gasteiger partial charge in [-0.15, -0.1) is 0 Å². The zero-order valence-corrected chi connectivity index (χ0v) is 8.51. The molecule has 86 valence electrons. The number of aliphatic hydroxyl groups is 1. The molecule has 1 rings (SSSR count). The van der Waals surface area contributed by atoms with Gasteiger partial charge in [-0.1, -0.05) is 23.7 Å². The molecule has 0 heterocycles. The van der Waals surface area contributed by atoms with Crippen molar-refractivity contribution in [3.8, 4) is 0 Å². The molecule has 0 aliphatic heterocycles. The molecule has 0 radical (unpaired) electrons. The second kappa shape index (κ2) is 4.57. The van der Waals surface area contributed by atoms with E-state index in [1.54, 1.807) is 6.07 Å². The fourth-order valence-corrected chi connectivity index (χ4v) is 1.19. The van der Waals surface area contributed by atoms with Gasteiger partial charge in [0.15, 0.2) is 0 Å². The summed E-state index contributed by atoms with van der Waals surface area (Å²) in [4.78, 5) is 10.6. The Hall–Kier alpha value is -1.49. The molecule has 0 aliphatic carbocycles. The lowest BCUT2D eigenvalue weighted by Gasteiger charge is -2.04. The third kappa shape index (κ3) is 3.00. The molecule has 0 aromatic heterocycles. The minimum atomic E-state index is -5.00. The molecule has 0 unspecified atom stereocenters. The predicted molar refractivity (Wildman–Crippen MR) is 53.1 cm³/mol. The molecule has 16 heavy (non-hydrogen) atoms. The van der Waals surface area contributed by atoms with Gasteiger partial charge in [0.1, 0.15) is 5.76 Å². The lowest BCUT2D eigenvalue weighted by molar-refractivity contribution is -0.165. The smallest absolute Gasteiger partial charge is 0.454 e. The van der Waals surface area contributed by atoms with Crippen LogP contribution in [0.1, 0.15) is 5.56 Å². The maximum Gasteiger partial charge on any atom is 0.454 e. The lowest BCUT2D eigenvalue weighted by atomic mass is 10.1. The Morgan fingerprint density at radius 3 is 2.38 bits per heavy atom. The number of allylic oxidation sites excluding steroid dienone is 1. The lowest BCUT2D eigenvalue weighted by Crippen LogP contribution is -2.20. The first kappa shape index (κ1) is 12.6. The summed E-state index contributed by atoms with van der Waals surface area (Å²) in [6.07, 6.45) is -4.91. The highest BCUT2D eigenvalue weighted by Gasteiger charge is 2.37. The number of carbonyl (C=O) groups is 1. The average molecular weight is 251 g/mol. The van der Waals surface area contributed by atoms with Crippen LogP contribution in [0.4, 0.5) is 13.2 Å². The standard InChI is InChI=1S/C10H6ClF3O2/c11-7-4-2-1-3-6(7)8(15)5-9(16)10(12,13)14/h1-5,15H/b8-5-. The monoisotopic (exact) mass is 250 g/mol. The quantitative estimate of drug-likeness (QED) is 0.645. The summed E-state index contributed by atoms with van der Waals surface area (Å²) in [7, 11) is 0. The van der Waals surface area contributed by atoms with Crippen molar-refractivity contribution in [1.82, 2.24) is 0 Å². The van der Waals surface area contributed by atoms with E-state index in [-0.39, 0.29) is 16.7 Å². The third-order valence-corrected chi connectivity index (χ3v) is 2.03. The Bertz CT molecular complexity index is 438. The fraction of sp³-hybridized carbons (Fsp3) is 0.100. The molecule has 0 saturated heterocycles. The second-order valence-electron chi connectivity index (χ2n) is 2.87. The summed E-state index contributed by atoms with van der Waals surface area (Å²) in [5.74, 6) is -2.95. The molecule has 0 amide bonds. The van der Waals surface area contributed by atoms with Crippen LogP contribution in [0.3, 0.4) is 0 Å². The topological polar surface area (TPSA) is 37.3 Å². The molecule has 0 atom stereocenters. The Kier molecular flexibility index (Phi) is 3.59. The highest BCUT2D eigenvalue weighted by Crippen LogP contribution is 2.24. The summed E-state index contributed by atoms with van der Waals surface area (Å²) in [6, 6.07) is 5.71. The highest BCUT2D eigenvalue weighted by atomic mass is 35.5. The van der Waals surface area contributed by atoms with E-state index >= 15 is 0 Å². The van der Waals surface area contributed by atoms with Gasteiger partial charge in [-0.3, -0.25) is 4.79 Å². The molecular weight excluding hydrogens is 245 g/mol. The minimum Gasteiger partial charge on any atom is -0.507 e. The van der Waals surface area contributed by atoms with Crippen molar-refractivity contribution < 1.29 is 23.1 Å². The molecule has 1 aromatic carbocycles. The molecule has 0 saturated carbocycles. The Morgan fingerprint density at radius 2 is 1.88 bits per heavy atom. The van der Waals surface area contributed by atoms with Crippen LogP contribution in [0.15, 0.2) is 30.3 Å². The number of alkyl halides is 3. The van der Waals surface area contributed by atoms with E-state index in [2.05, 4.69) is 0 Å². The number of hydrogen-bond donors (Lipinski definition) is 1. The third-order valence-electron chi connectivity index (χ3n) is 1.70. The molecule has 6 heteroatoms. The van der Waals surface area contributed by atoms with E-state index in [9.17, 15) is 23.1 Å². The number of halogens is 4. The number of ketones is 1. The maximum atomic E-state index is 11.9. The number of rotatable bonds is 2. The van der Waals surface area contributed by atoms with Crippen LogP contribution in [0, 0.1) is 0 Å². The predicted octanol–water partition coefficient (Wildman–Crippen LogP) is 3.37. The SMILES string of the molecule is O=C(/C=C(\O)c1ccccc1Cl)C(F)(F)F. The summed E-state index contributed by atoms with van der Waals surface area (Å²) >= 11 is 5.62. The summed E-state index contributed by atoms with van der Waals surface area (Å²) in [5.41, 5.74) is -0.0261. The van der Waals surface area contributed by atoms with Gasteiger partial charge < -0.3 is 5.11 Å².